The first kappa shape index (κ1) is 25.9. The van der Waals surface area contributed by atoms with Gasteiger partial charge in [0.15, 0.2) is 17.3 Å². The van der Waals surface area contributed by atoms with Crippen molar-refractivity contribution in [3.63, 3.8) is 0 Å². The molecule has 36 heavy (non-hydrogen) atoms. The van der Waals surface area contributed by atoms with Crippen LogP contribution in [0.3, 0.4) is 0 Å². The zero-order valence-electron chi connectivity index (χ0n) is 21.7. The molecule has 2 aromatic rings. The van der Waals surface area contributed by atoms with E-state index in [9.17, 15) is 9.59 Å². The smallest absolute Gasteiger partial charge is 0.244 e. The molecule has 2 fully saturated rings. The van der Waals surface area contributed by atoms with Gasteiger partial charge in [0.05, 0.1) is 26.2 Å². The number of rotatable bonds is 9. The number of nitrogens with one attached hydrogen (secondary N) is 1. The predicted octanol–water partition coefficient (Wildman–Crippen LogP) is 2.59. The topological polar surface area (TPSA) is 110 Å². The molecular weight excluding hydrogens is 462 g/mol. The lowest BCUT2D eigenvalue weighted by molar-refractivity contribution is -0.136. The molecule has 2 saturated heterocycles. The number of para-hydroxylation sites is 2. The molecule has 10 nitrogen and oxygen atoms in total. The Morgan fingerprint density at radius 2 is 1.94 bits per heavy atom. The number of likely N-dealkylation sites (tertiary alicyclic amines) is 2. The minimum absolute atomic E-state index is 0.00361. The Balaban J connectivity index is 1.34. The van der Waals surface area contributed by atoms with Crippen molar-refractivity contribution in [1.29, 1.82) is 0 Å². The summed E-state index contributed by atoms with van der Waals surface area (Å²) >= 11 is 0. The van der Waals surface area contributed by atoms with Crippen LogP contribution in [0.25, 0.3) is 0 Å². The molecule has 1 unspecified atom stereocenters. The summed E-state index contributed by atoms with van der Waals surface area (Å²) in [5.41, 5.74) is 0.0219. The van der Waals surface area contributed by atoms with Crippen molar-refractivity contribution >= 4 is 11.8 Å². The average molecular weight is 500 g/mol. The Kier molecular flexibility index (Phi) is 8.13. The number of hydrogen-bond donors (Lipinski definition) is 1. The van der Waals surface area contributed by atoms with Crippen LogP contribution in [-0.4, -0.2) is 78.2 Å². The summed E-state index contributed by atoms with van der Waals surface area (Å²) in [4.78, 5) is 33.9. The number of carbonyl (C=O) groups is 2. The van der Waals surface area contributed by atoms with Crippen LogP contribution < -0.4 is 14.8 Å². The fourth-order valence-corrected chi connectivity index (χ4v) is 5.26. The Bertz CT molecular complexity index is 1050. The maximum Gasteiger partial charge on any atom is 0.244 e. The van der Waals surface area contributed by atoms with Gasteiger partial charge in [0.2, 0.25) is 17.7 Å². The average Bonchev–Trinajstić information content (AvgIpc) is 3.45. The zero-order chi connectivity index (χ0) is 25.7. The first-order valence-corrected chi connectivity index (χ1v) is 12.7. The number of benzene rings is 1. The molecule has 10 heteroatoms. The minimum Gasteiger partial charge on any atom is -0.493 e. The molecule has 1 atom stereocenters. The number of aromatic nitrogens is 2. The molecule has 0 aliphatic carbocycles. The standard InChI is InChI=1S/C26H37N5O5/c1-18(2)25(33)30-12-9-26(10-13-30)15-20(24-28-19(3)29-36-24)31(17-26)16-23(32)27-11-14-35-22-8-6-5-7-21(22)34-4/h5-8,18,20H,9-17H2,1-4H3,(H,27,32). The fraction of sp³-hybridized carbons (Fsp3) is 0.615. The monoisotopic (exact) mass is 499 g/mol. The summed E-state index contributed by atoms with van der Waals surface area (Å²) < 4.78 is 16.6. The van der Waals surface area contributed by atoms with E-state index in [0.29, 0.717) is 36.4 Å². The van der Waals surface area contributed by atoms with Crippen LogP contribution in [-0.2, 0) is 9.59 Å². The molecule has 1 aromatic heterocycles. The summed E-state index contributed by atoms with van der Waals surface area (Å²) in [6.45, 7) is 8.88. The largest absolute Gasteiger partial charge is 0.493 e. The van der Waals surface area contributed by atoms with Crippen LogP contribution >= 0.6 is 0 Å². The van der Waals surface area contributed by atoms with Crippen LogP contribution in [0, 0.1) is 18.3 Å². The Morgan fingerprint density at radius 3 is 2.58 bits per heavy atom. The summed E-state index contributed by atoms with van der Waals surface area (Å²) in [5.74, 6) is 2.57. The Labute approximate surface area is 212 Å². The molecule has 1 N–H and O–H groups in total. The van der Waals surface area contributed by atoms with E-state index >= 15 is 0 Å². The first-order chi connectivity index (χ1) is 17.3. The van der Waals surface area contributed by atoms with Crippen LogP contribution in [0.1, 0.15) is 50.9 Å². The zero-order valence-corrected chi connectivity index (χ0v) is 21.7. The Hall–Kier alpha value is -3.14. The number of carbonyl (C=O) groups excluding carboxylic acids is 2. The van der Waals surface area contributed by atoms with Crippen molar-refractivity contribution in [2.24, 2.45) is 11.3 Å². The molecule has 0 saturated carbocycles. The highest BCUT2D eigenvalue weighted by molar-refractivity contribution is 5.78. The fourth-order valence-electron chi connectivity index (χ4n) is 5.26. The second kappa shape index (κ2) is 11.3. The maximum atomic E-state index is 12.9. The van der Waals surface area contributed by atoms with Gasteiger partial charge in [-0.05, 0) is 43.7 Å². The number of ether oxygens (including phenoxy) is 2. The lowest BCUT2D eigenvalue weighted by Crippen LogP contribution is -2.46. The van der Waals surface area contributed by atoms with Crippen molar-refractivity contribution in [2.75, 3.05) is 46.4 Å². The van der Waals surface area contributed by atoms with E-state index < -0.39 is 0 Å². The van der Waals surface area contributed by atoms with Crippen molar-refractivity contribution in [3.8, 4) is 11.5 Å². The molecule has 3 heterocycles. The number of piperidine rings is 1. The van der Waals surface area contributed by atoms with Crippen molar-refractivity contribution < 1.29 is 23.6 Å². The van der Waals surface area contributed by atoms with Gasteiger partial charge >= 0.3 is 0 Å². The van der Waals surface area contributed by atoms with E-state index in [1.807, 2.05) is 43.0 Å². The number of aryl methyl sites for hydroxylation is 1. The number of amides is 2. The molecule has 2 amide bonds. The van der Waals surface area contributed by atoms with Crippen LogP contribution in [0.2, 0.25) is 0 Å². The molecular formula is C26H37N5O5. The number of nitrogens with zero attached hydrogens (tertiary/aromatic N) is 4. The van der Waals surface area contributed by atoms with Gasteiger partial charge in [-0.1, -0.05) is 31.1 Å². The van der Waals surface area contributed by atoms with E-state index in [1.165, 1.54) is 0 Å². The summed E-state index contributed by atoms with van der Waals surface area (Å²) in [7, 11) is 1.60. The summed E-state index contributed by atoms with van der Waals surface area (Å²) in [6, 6.07) is 7.31. The molecule has 1 spiro atoms. The highest BCUT2D eigenvalue weighted by Crippen LogP contribution is 2.48. The highest BCUT2D eigenvalue weighted by Gasteiger charge is 2.48. The maximum absolute atomic E-state index is 12.9. The van der Waals surface area contributed by atoms with Gasteiger partial charge in [0, 0.05) is 25.6 Å². The van der Waals surface area contributed by atoms with Crippen LogP contribution in [0.4, 0.5) is 0 Å². The highest BCUT2D eigenvalue weighted by atomic mass is 16.5. The first-order valence-electron chi connectivity index (χ1n) is 12.7. The molecule has 2 aliphatic rings. The third-order valence-electron chi connectivity index (χ3n) is 7.16. The molecule has 0 bridgehead atoms. The van der Waals surface area contributed by atoms with E-state index in [0.717, 1.165) is 38.9 Å². The summed E-state index contributed by atoms with van der Waals surface area (Å²) in [5, 5.41) is 6.93. The second-order valence-electron chi connectivity index (χ2n) is 10.1. The van der Waals surface area contributed by atoms with Crippen LogP contribution in [0.5, 0.6) is 11.5 Å². The Morgan fingerprint density at radius 1 is 1.22 bits per heavy atom. The molecule has 2 aliphatic heterocycles. The molecule has 196 valence electrons. The van der Waals surface area contributed by atoms with Gasteiger partial charge in [-0.15, -0.1) is 0 Å². The lowest BCUT2D eigenvalue weighted by Gasteiger charge is -2.40. The third kappa shape index (κ3) is 5.98. The lowest BCUT2D eigenvalue weighted by atomic mass is 9.76. The number of methoxy groups -OCH3 is 1. The SMILES string of the molecule is COc1ccccc1OCCNC(=O)CN1CC2(CCN(C(=O)C(C)C)CC2)CC1c1nc(C)no1. The second-order valence-corrected chi connectivity index (χ2v) is 10.1. The molecule has 0 radical (unpaired) electrons. The normalized spacial score (nSPS) is 19.6. The molecule has 4 rings (SSSR count). The quantitative estimate of drug-likeness (QED) is 0.525. The van der Waals surface area contributed by atoms with Gasteiger partial charge < -0.3 is 24.2 Å². The third-order valence-corrected chi connectivity index (χ3v) is 7.16. The van der Waals surface area contributed by atoms with Gasteiger partial charge in [0.25, 0.3) is 0 Å². The van der Waals surface area contributed by atoms with E-state index in [-0.39, 0.29) is 35.7 Å². The van der Waals surface area contributed by atoms with E-state index in [1.54, 1.807) is 14.0 Å². The number of hydrogen-bond acceptors (Lipinski definition) is 8. The van der Waals surface area contributed by atoms with Gasteiger partial charge in [-0.2, -0.15) is 4.98 Å². The predicted molar refractivity (Wildman–Crippen MR) is 133 cm³/mol. The summed E-state index contributed by atoms with van der Waals surface area (Å²) in [6.07, 6.45) is 2.64. The van der Waals surface area contributed by atoms with E-state index in [2.05, 4.69) is 20.4 Å². The van der Waals surface area contributed by atoms with Gasteiger partial charge in [-0.3, -0.25) is 14.5 Å². The van der Waals surface area contributed by atoms with Crippen molar-refractivity contribution in [1.82, 2.24) is 25.3 Å². The van der Waals surface area contributed by atoms with Crippen LogP contribution in [0.15, 0.2) is 28.8 Å². The van der Waals surface area contributed by atoms with Gasteiger partial charge in [0.1, 0.15) is 6.61 Å². The minimum atomic E-state index is -0.117. The van der Waals surface area contributed by atoms with Crippen molar-refractivity contribution in [2.45, 2.75) is 46.1 Å². The van der Waals surface area contributed by atoms with Gasteiger partial charge in [-0.25, -0.2) is 0 Å². The molecule has 1 aromatic carbocycles. The van der Waals surface area contributed by atoms with E-state index in [4.69, 9.17) is 14.0 Å². The van der Waals surface area contributed by atoms with Crippen molar-refractivity contribution in [3.05, 3.63) is 36.0 Å².